The van der Waals surface area contributed by atoms with Crippen molar-refractivity contribution < 1.29 is 32.2 Å². The van der Waals surface area contributed by atoms with Gasteiger partial charge in [-0.1, -0.05) is 44.2 Å². The van der Waals surface area contributed by atoms with Gasteiger partial charge in [-0.25, -0.2) is 18.6 Å². The summed E-state index contributed by atoms with van der Waals surface area (Å²) in [6.07, 6.45) is 3.70. The first-order chi connectivity index (χ1) is 28.9. The number of halogens is 2. The summed E-state index contributed by atoms with van der Waals surface area (Å²) < 4.78 is 58.2. The third-order valence-corrected chi connectivity index (χ3v) is 19.4. The van der Waals surface area contributed by atoms with Gasteiger partial charge in [0.1, 0.15) is 29.7 Å². The Morgan fingerprint density at radius 1 is 1.03 bits per heavy atom. The van der Waals surface area contributed by atoms with Gasteiger partial charge in [0.2, 0.25) is 0 Å². The second-order valence-corrected chi connectivity index (χ2v) is 26.2. The molecule has 0 radical (unpaired) electrons. The van der Waals surface area contributed by atoms with Crippen LogP contribution in [0.4, 0.5) is 24.5 Å². The Kier molecular flexibility index (Phi) is 11.2. The highest BCUT2D eigenvalue weighted by atomic mass is 32.1. The number of piperazine rings is 1. The lowest BCUT2D eigenvalue weighted by Crippen LogP contribution is -2.54. The van der Waals surface area contributed by atoms with Gasteiger partial charge >= 0.3 is 12.1 Å². The summed E-state index contributed by atoms with van der Waals surface area (Å²) in [5.74, 6) is 0.194. The van der Waals surface area contributed by atoms with Crippen LogP contribution in [0.25, 0.3) is 32.2 Å². The van der Waals surface area contributed by atoms with E-state index in [0.29, 0.717) is 45.9 Å². The average molecular weight is 878 g/mol. The molecule has 4 fully saturated rings. The van der Waals surface area contributed by atoms with Crippen LogP contribution >= 0.6 is 11.3 Å². The van der Waals surface area contributed by atoms with Gasteiger partial charge in [0.05, 0.1) is 34.4 Å². The maximum atomic E-state index is 17.9. The van der Waals surface area contributed by atoms with Crippen molar-refractivity contribution in [2.45, 2.75) is 141 Å². The van der Waals surface area contributed by atoms with Crippen LogP contribution in [-0.2, 0) is 27.1 Å². The van der Waals surface area contributed by atoms with Gasteiger partial charge in [-0.05, 0) is 94.7 Å². The standard InChI is InChI=1S/C45H61F2N7O5SSi/c1-43(2,3)59-42(55)51-41-49-37-30(12-9-13-33(37)60-41)34-31-24-56-25-32(31)35-38(36(34)47)48-40(57-26-45-16-10-18-53(45)21-27(46)20-45)50-39(35)54-28-14-15-29(54)23-52(22-28)17-11-19-58-61(7,8)44(4,5)6/h9,12-13,27-29H,10-11,14-26H2,1-8H3,(H,49,51,55)/t27-,28?,29?,45+/m1/s1. The Balaban J connectivity index is 1.08. The normalized spacial score (nSPS) is 24.6. The highest BCUT2D eigenvalue weighted by molar-refractivity contribution is 7.22. The smallest absolute Gasteiger partial charge is 0.413 e. The number of carbonyl (C=O) groups excluding carboxylic acids is 1. The molecular weight excluding hydrogens is 817 g/mol. The fourth-order valence-electron chi connectivity index (χ4n) is 10.1. The molecule has 61 heavy (non-hydrogen) atoms. The highest BCUT2D eigenvalue weighted by Gasteiger charge is 2.50. The molecular formula is C45H61F2N7O5SSi. The molecule has 2 aromatic carbocycles. The molecule has 2 aromatic heterocycles. The zero-order valence-electron chi connectivity index (χ0n) is 37.0. The van der Waals surface area contributed by atoms with Gasteiger partial charge in [-0.2, -0.15) is 9.97 Å². The second-order valence-electron chi connectivity index (χ2n) is 20.4. The van der Waals surface area contributed by atoms with Crippen molar-refractivity contribution in [1.82, 2.24) is 24.8 Å². The molecule has 2 bridgehead atoms. The number of alkyl halides is 1. The molecule has 16 heteroatoms. The molecule has 2 unspecified atom stereocenters. The summed E-state index contributed by atoms with van der Waals surface area (Å²) >= 11 is 1.30. The first-order valence-electron chi connectivity index (χ1n) is 22.1. The summed E-state index contributed by atoms with van der Waals surface area (Å²) in [4.78, 5) is 34.8. The molecule has 4 saturated heterocycles. The van der Waals surface area contributed by atoms with Crippen LogP contribution in [0.3, 0.4) is 0 Å². The Bertz CT molecular complexity index is 2320. The fourth-order valence-corrected chi connectivity index (χ4v) is 12.1. The van der Waals surface area contributed by atoms with Gasteiger partial charge in [0, 0.05) is 62.4 Å². The van der Waals surface area contributed by atoms with Gasteiger partial charge < -0.3 is 23.5 Å². The largest absolute Gasteiger partial charge is 0.461 e. The summed E-state index contributed by atoms with van der Waals surface area (Å²) in [5, 5.41) is 3.95. The fraction of sp³-hybridized carbons (Fsp3) is 0.644. The number of ether oxygens (including phenoxy) is 3. The number of amides is 1. The lowest BCUT2D eigenvalue weighted by atomic mass is 9.92. The predicted octanol–water partition coefficient (Wildman–Crippen LogP) is 9.44. The van der Waals surface area contributed by atoms with E-state index in [-0.39, 0.29) is 48.5 Å². The molecule has 1 amide bonds. The second kappa shape index (κ2) is 15.9. The quantitative estimate of drug-likeness (QED) is 0.115. The zero-order chi connectivity index (χ0) is 43.1. The van der Waals surface area contributed by atoms with Gasteiger partial charge in [-0.3, -0.25) is 15.1 Å². The maximum absolute atomic E-state index is 17.9. The Labute approximate surface area is 362 Å². The number of likely N-dealkylation sites (tertiary alicyclic amines) is 1. The number of fused-ring (bicyclic) bond motifs is 7. The Morgan fingerprint density at radius 3 is 2.52 bits per heavy atom. The number of hydrogen-bond donors (Lipinski definition) is 1. The van der Waals surface area contributed by atoms with E-state index < -0.39 is 37.5 Å². The lowest BCUT2D eigenvalue weighted by molar-refractivity contribution is 0.0636. The van der Waals surface area contributed by atoms with Gasteiger partial charge in [0.25, 0.3) is 0 Å². The first-order valence-corrected chi connectivity index (χ1v) is 25.8. The van der Waals surface area contributed by atoms with Crippen molar-refractivity contribution in [2.75, 3.05) is 56.2 Å². The van der Waals surface area contributed by atoms with Crippen molar-refractivity contribution in [3.63, 3.8) is 0 Å². The summed E-state index contributed by atoms with van der Waals surface area (Å²) in [6.45, 7) is 22.3. The van der Waals surface area contributed by atoms with E-state index in [1.807, 2.05) is 18.2 Å². The molecule has 9 rings (SSSR count). The molecule has 5 aliphatic heterocycles. The van der Waals surface area contributed by atoms with E-state index >= 15 is 4.39 Å². The van der Waals surface area contributed by atoms with Gasteiger partial charge in [0.15, 0.2) is 19.3 Å². The van der Waals surface area contributed by atoms with E-state index in [0.717, 1.165) is 80.7 Å². The molecule has 12 nitrogen and oxygen atoms in total. The number of para-hydroxylation sites is 1. The molecule has 7 heterocycles. The van der Waals surface area contributed by atoms with Crippen LogP contribution < -0.4 is 15.0 Å². The minimum atomic E-state index is -1.82. The molecule has 330 valence electrons. The topological polar surface area (TPSA) is 114 Å². The zero-order valence-corrected chi connectivity index (χ0v) is 38.8. The summed E-state index contributed by atoms with van der Waals surface area (Å²) in [5.41, 5.74) is 2.22. The predicted molar refractivity (Wildman–Crippen MR) is 239 cm³/mol. The molecule has 0 saturated carbocycles. The Morgan fingerprint density at radius 2 is 1.79 bits per heavy atom. The van der Waals surface area contributed by atoms with E-state index in [1.165, 1.54) is 11.3 Å². The number of carbonyl (C=O) groups is 1. The van der Waals surface area contributed by atoms with Crippen LogP contribution in [-0.4, -0.2) is 114 Å². The molecule has 0 aliphatic carbocycles. The highest BCUT2D eigenvalue weighted by Crippen LogP contribution is 2.48. The third-order valence-electron chi connectivity index (χ3n) is 14.0. The average Bonchev–Trinajstić information content (AvgIpc) is 4.00. The number of thiazole rings is 1. The number of anilines is 2. The SMILES string of the molecule is CC(C)(C)OC(=O)Nc1nc2c(-c3c4c(c5c(N6C7CCC6CN(CCCO[Si](C)(C)C(C)(C)C)C7)nc(OC[C@@]67CCCN6C[C@H](F)C7)nc5c3F)COC4)cccc2s1. The van der Waals surface area contributed by atoms with E-state index in [1.54, 1.807) is 20.8 Å². The number of nitrogens with zero attached hydrogens (tertiary/aromatic N) is 6. The molecule has 5 aliphatic rings. The van der Waals surface area contributed by atoms with Crippen molar-refractivity contribution in [3.8, 4) is 17.1 Å². The monoisotopic (exact) mass is 877 g/mol. The summed E-state index contributed by atoms with van der Waals surface area (Å²) in [7, 11) is -1.82. The van der Waals surface area contributed by atoms with E-state index in [9.17, 15) is 9.18 Å². The molecule has 4 atom stereocenters. The number of aromatic nitrogens is 3. The molecule has 1 N–H and O–H groups in total. The van der Waals surface area contributed by atoms with Crippen molar-refractivity contribution >= 4 is 57.8 Å². The van der Waals surface area contributed by atoms with Crippen molar-refractivity contribution in [2.24, 2.45) is 0 Å². The number of rotatable bonds is 11. The minimum Gasteiger partial charge on any atom is -0.461 e. The number of hydrogen-bond acceptors (Lipinski definition) is 12. The number of nitrogens with one attached hydrogen (secondary N) is 1. The molecule has 4 aromatic rings. The van der Waals surface area contributed by atoms with Crippen molar-refractivity contribution in [3.05, 3.63) is 35.1 Å². The van der Waals surface area contributed by atoms with Gasteiger partial charge in [-0.15, -0.1) is 0 Å². The van der Waals surface area contributed by atoms with Crippen molar-refractivity contribution in [1.29, 1.82) is 0 Å². The first kappa shape index (κ1) is 42.7. The lowest BCUT2D eigenvalue weighted by Gasteiger charge is -2.42. The van der Waals surface area contributed by atoms with Crippen LogP contribution in [0.5, 0.6) is 6.01 Å². The van der Waals surface area contributed by atoms with Crippen LogP contribution in [0.2, 0.25) is 18.1 Å². The summed E-state index contributed by atoms with van der Waals surface area (Å²) in [6, 6.07) is 6.11. The number of benzene rings is 2. The maximum Gasteiger partial charge on any atom is 0.413 e. The third kappa shape index (κ3) is 8.14. The van der Waals surface area contributed by atoms with Crippen LogP contribution in [0.15, 0.2) is 18.2 Å². The van der Waals surface area contributed by atoms with E-state index in [2.05, 4.69) is 53.9 Å². The van der Waals surface area contributed by atoms with Crippen LogP contribution in [0, 0.1) is 5.82 Å². The van der Waals surface area contributed by atoms with E-state index in [4.69, 9.17) is 33.6 Å². The minimum absolute atomic E-state index is 0.107. The Hall–Kier alpha value is -3.54. The van der Waals surface area contributed by atoms with Crippen LogP contribution in [0.1, 0.15) is 91.2 Å². The molecule has 0 spiro atoms.